The second-order valence-electron chi connectivity index (χ2n) is 5.75. The summed E-state index contributed by atoms with van der Waals surface area (Å²) in [5.41, 5.74) is 2.09. The van der Waals surface area contributed by atoms with Gasteiger partial charge in [-0.3, -0.25) is 0 Å². The van der Waals surface area contributed by atoms with Crippen LogP contribution in [0.3, 0.4) is 0 Å². The van der Waals surface area contributed by atoms with Gasteiger partial charge >= 0.3 is 0 Å². The molecule has 102 valence electrons. The maximum absolute atomic E-state index is 6.38. The molecule has 2 heterocycles. The molecule has 4 heteroatoms. The summed E-state index contributed by atoms with van der Waals surface area (Å²) in [5.74, 6) is 2.32. The Morgan fingerprint density at radius 1 is 1.32 bits per heavy atom. The van der Waals surface area contributed by atoms with Crippen LogP contribution in [0.4, 0.5) is 0 Å². The Morgan fingerprint density at radius 2 is 2.05 bits per heavy atom. The Labute approximate surface area is 119 Å². The number of para-hydroxylation sites is 1. The zero-order valence-corrected chi connectivity index (χ0v) is 12.4. The first-order valence-electron chi connectivity index (χ1n) is 6.96. The van der Waals surface area contributed by atoms with Crippen LogP contribution in [-0.2, 0) is 0 Å². The highest BCUT2D eigenvalue weighted by Crippen LogP contribution is 2.34. The molecule has 3 rings (SSSR count). The van der Waals surface area contributed by atoms with Crippen LogP contribution in [0, 0.1) is 5.92 Å². The highest BCUT2D eigenvalue weighted by atomic mass is 35.5. The minimum absolute atomic E-state index is 0.371. The number of aromatic nitrogens is 2. The normalized spacial score (nSPS) is 17.9. The minimum Gasteiger partial charge on any atom is -0.324 e. The maximum Gasteiger partial charge on any atom is 0.113 e. The molecule has 1 N–H and O–H groups in total. The van der Waals surface area contributed by atoms with E-state index >= 15 is 0 Å². The Morgan fingerprint density at radius 3 is 2.63 bits per heavy atom. The van der Waals surface area contributed by atoms with Gasteiger partial charge in [-0.15, -0.1) is 0 Å². The van der Waals surface area contributed by atoms with Gasteiger partial charge in [-0.1, -0.05) is 24.6 Å². The number of nitrogens with zero attached hydrogens (tertiary/aromatic N) is 2. The predicted octanol–water partition coefficient (Wildman–Crippen LogP) is 3.59. The molecule has 0 amide bonds. The molecule has 0 spiro atoms. The lowest BCUT2D eigenvalue weighted by Crippen LogP contribution is -2.45. The summed E-state index contributed by atoms with van der Waals surface area (Å²) in [5, 5.41) is 4.14. The van der Waals surface area contributed by atoms with E-state index < -0.39 is 0 Å². The van der Waals surface area contributed by atoms with Crippen molar-refractivity contribution in [1.29, 1.82) is 0 Å². The number of halogens is 1. The molecule has 3 nitrogen and oxygen atoms in total. The Balaban J connectivity index is 2.17. The number of fused-ring (bicyclic) bond motifs is 1. The average molecular weight is 278 g/mol. The lowest BCUT2D eigenvalue weighted by Gasteiger charge is -2.33. The zero-order chi connectivity index (χ0) is 13.6. The van der Waals surface area contributed by atoms with Crippen molar-refractivity contribution in [1.82, 2.24) is 14.9 Å². The average Bonchev–Trinajstić information content (AvgIpc) is 2.67. The summed E-state index contributed by atoms with van der Waals surface area (Å²) >= 11 is 6.38. The fourth-order valence-corrected chi connectivity index (χ4v) is 3.10. The van der Waals surface area contributed by atoms with Gasteiger partial charge in [0.25, 0.3) is 0 Å². The van der Waals surface area contributed by atoms with E-state index in [1.165, 1.54) is 5.82 Å². The molecule has 2 aromatic rings. The van der Waals surface area contributed by atoms with E-state index in [0.717, 1.165) is 29.1 Å². The van der Waals surface area contributed by atoms with E-state index in [-0.39, 0.29) is 0 Å². The minimum atomic E-state index is 0.371. The third-order valence-electron chi connectivity index (χ3n) is 4.13. The smallest absolute Gasteiger partial charge is 0.113 e. The van der Waals surface area contributed by atoms with Crippen molar-refractivity contribution in [2.24, 2.45) is 5.92 Å². The molecule has 19 heavy (non-hydrogen) atoms. The lowest BCUT2D eigenvalue weighted by atomic mass is 9.88. The molecule has 1 aromatic carbocycles. The van der Waals surface area contributed by atoms with Gasteiger partial charge in [0.2, 0.25) is 0 Å². The van der Waals surface area contributed by atoms with E-state index in [1.54, 1.807) is 0 Å². The van der Waals surface area contributed by atoms with E-state index in [1.807, 2.05) is 12.1 Å². The molecule has 1 aromatic heterocycles. The molecule has 0 saturated carbocycles. The van der Waals surface area contributed by atoms with Crippen LogP contribution in [0.25, 0.3) is 11.0 Å². The van der Waals surface area contributed by atoms with Gasteiger partial charge in [-0.25, -0.2) is 4.98 Å². The van der Waals surface area contributed by atoms with Crippen LogP contribution in [0.5, 0.6) is 0 Å². The quantitative estimate of drug-likeness (QED) is 0.929. The van der Waals surface area contributed by atoms with E-state index in [0.29, 0.717) is 17.9 Å². The number of imidazole rings is 1. The number of nitrogens with one attached hydrogen (secondary N) is 1. The van der Waals surface area contributed by atoms with Gasteiger partial charge in [0.05, 0.1) is 16.1 Å². The highest BCUT2D eigenvalue weighted by Gasteiger charge is 2.29. The van der Waals surface area contributed by atoms with E-state index in [2.05, 4.69) is 36.7 Å². The first kappa shape index (κ1) is 12.9. The summed E-state index contributed by atoms with van der Waals surface area (Å²) in [4.78, 5) is 4.85. The Bertz CT molecular complexity index is 599. The molecule has 0 aliphatic carbocycles. The number of hydrogen-bond donors (Lipinski definition) is 1. The van der Waals surface area contributed by atoms with E-state index in [9.17, 15) is 0 Å². The summed E-state index contributed by atoms with van der Waals surface area (Å²) < 4.78 is 2.31. The molecule has 0 radical (unpaired) electrons. The first-order chi connectivity index (χ1) is 9.09. The van der Waals surface area contributed by atoms with Crippen molar-refractivity contribution in [3.05, 3.63) is 29.0 Å². The van der Waals surface area contributed by atoms with Gasteiger partial charge in [0.1, 0.15) is 5.82 Å². The number of rotatable bonds is 3. The standard InChI is InChI=1S/C15H20ClN3/c1-9(2)19-14-12(16)5-4-6-13(14)18-15(19)10(3)11-7-17-8-11/h4-6,9-11,17H,7-8H2,1-3H3. The van der Waals surface area contributed by atoms with Crippen molar-refractivity contribution in [2.75, 3.05) is 13.1 Å². The van der Waals surface area contributed by atoms with Crippen molar-refractivity contribution in [3.63, 3.8) is 0 Å². The van der Waals surface area contributed by atoms with Gasteiger partial charge < -0.3 is 9.88 Å². The van der Waals surface area contributed by atoms with Crippen molar-refractivity contribution in [2.45, 2.75) is 32.7 Å². The summed E-state index contributed by atoms with van der Waals surface area (Å²) in [6.45, 7) is 8.85. The summed E-state index contributed by atoms with van der Waals surface area (Å²) in [7, 11) is 0. The first-order valence-corrected chi connectivity index (χ1v) is 7.34. The van der Waals surface area contributed by atoms with Crippen molar-refractivity contribution in [3.8, 4) is 0 Å². The van der Waals surface area contributed by atoms with Gasteiger partial charge in [0.15, 0.2) is 0 Å². The summed E-state index contributed by atoms with van der Waals surface area (Å²) in [6.07, 6.45) is 0. The van der Waals surface area contributed by atoms with Crippen LogP contribution in [-0.4, -0.2) is 22.6 Å². The molecule has 1 atom stereocenters. The second kappa shape index (κ2) is 4.80. The van der Waals surface area contributed by atoms with Crippen LogP contribution >= 0.6 is 11.6 Å². The largest absolute Gasteiger partial charge is 0.324 e. The topological polar surface area (TPSA) is 29.9 Å². The van der Waals surface area contributed by atoms with Gasteiger partial charge in [-0.05, 0) is 45.0 Å². The third-order valence-corrected chi connectivity index (χ3v) is 4.44. The molecule has 0 bridgehead atoms. The van der Waals surface area contributed by atoms with Crippen LogP contribution in [0.15, 0.2) is 18.2 Å². The molecule has 1 saturated heterocycles. The number of benzene rings is 1. The SMILES string of the molecule is CC(c1nc2cccc(Cl)c2n1C(C)C)C1CNC1. The predicted molar refractivity (Wildman–Crippen MR) is 79.9 cm³/mol. The monoisotopic (exact) mass is 277 g/mol. The highest BCUT2D eigenvalue weighted by molar-refractivity contribution is 6.35. The van der Waals surface area contributed by atoms with Crippen LogP contribution < -0.4 is 5.32 Å². The molecule has 1 aliphatic rings. The van der Waals surface area contributed by atoms with Crippen molar-refractivity contribution < 1.29 is 0 Å². The fourth-order valence-electron chi connectivity index (χ4n) is 2.84. The van der Waals surface area contributed by atoms with E-state index in [4.69, 9.17) is 16.6 Å². The third kappa shape index (κ3) is 2.05. The van der Waals surface area contributed by atoms with Crippen molar-refractivity contribution >= 4 is 22.6 Å². The molecular formula is C15H20ClN3. The molecular weight excluding hydrogens is 258 g/mol. The number of hydrogen-bond acceptors (Lipinski definition) is 2. The molecule has 1 fully saturated rings. The molecule has 1 aliphatic heterocycles. The summed E-state index contributed by atoms with van der Waals surface area (Å²) in [6, 6.07) is 6.34. The maximum atomic E-state index is 6.38. The lowest BCUT2D eigenvalue weighted by molar-refractivity contribution is 0.289. The Hall–Kier alpha value is -1.06. The fraction of sp³-hybridized carbons (Fsp3) is 0.533. The second-order valence-corrected chi connectivity index (χ2v) is 6.16. The Kier molecular flexibility index (Phi) is 3.27. The van der Waals surface area contributed by atoms with Crippen LogP contribution in [0.2, 0.25) is 5.02 Å². The van der Waals surface area contributed by atoms with Gasteiger partial charge in [0, 0.05) is 12.0 Å². The van der Waals surface area contributed by atoms with Gasteiger partial charge in [-0.2, -0.15) is 0 Å². The molecule has 1 unspecified atom stereocenters. The van der Waals surface area contributed by atoms with Crippen LogP contribution in [0.1, 0.15) is 38.6 Å². The zero-order valence-electron chi connectivity index (χ0n) is 11.7.